The first-order valence-electron chi connectivity index (χ1n) is 14.3. The number of carbonyl (C=O) groups is 3. The number of nitrogens with one attached hydrogen (secondary N) is 1. The highest BCUT2D eigenvalue weighted by atomic mass is 35.5. The molecule has 3 heterocycles. The van der Waals surface area contributed by atoms with Crippen LogP contribution in [0.25, 0.3) is 10.8 Å². The Bertz CT molecular complexity index is 1630. The van der Waals surface area contributed by atoms with E-state index in [9.17, 15) is 22.8 Å². The number of fused-ring (bicyclic) bond motifs is 1. The van der Waals surface area contributed by atoms with Gasteiger partial charge in [-0.2, -0.15) is 4.31 Å². The smallest absolute Gasteiger partial charge is 0.408 e. The van der Waals surface area contributed by atoms with Gasteiger partial charge in [0.05, 0.1) is 23.6 Å². The number of benzene rings is 2. The van der Waals surface area contributed by atoms with E-state index in [0.29, 0.717) is 31.0 Å². The monoisotopic (exact) mass is 643 g/mol. The average molecular weight is 644 g/mol. The number of aromatic nitrogens is 1. The summed E-state index contributed by atoms with van der Waals surface area (Å²) in [5.41, 5.74) is 0.135. The van der Waals surface area contributed by atoms with E-state index in [4.69, 9.17) is 21.1 Å². The van der Waals surface area contributed by atoms with Crippen molar-refractivity contribution in [2.45, 2.75) is 30.2 Å². The number of ether oxygens (including phenoxy) is 2. The molecule has 234 valence electrons. The Balaban J connectivity index is 1.28. The number of hydrogen-bond donors (Lipinski definition) is 1. The summed E-state index contributed by atoms with van der Waals surface area (Å²) in [6, 6.07) is 13.8. The van der Waals surface area contributed by atoms with Crippen LogP contribution in [0.2, 0.25) is 5.02 Å². The Kier molecular flexibility index (Phi) is 9.56. The summed E-state index contributed by atoms with van der Waals surface area (Å²) in [7, 11) is -3.94. The molecule has 2 aliphatic heterocycles. The van der Waals surface area contributed by atoms with Gasteiger partial charge in [-0.3, -0.25) is 9.78 Å². The van der Waals surface area contributed by atoms with Gasteiger partial charge in [-0.05, 0) is 66.9 Å². The van der Waals surface area contributed by atoms with E-state index >= 15 is 0 Å². The molecule has 2 fully saturated rings. The first-order valence-corrected chi connectivity index (χ1v) is 16.1. The maximum Gasteiger partial charge on any atom is 0.408 e. The number of anilines is 1. The van der Waals surface area contributed by atoms with E-state index in [1.54, 1.807) is 54.5 Å². The zero-order chi connectivity index (χ0) is 31.3. The molecule has 0 radical (unpaired) electrons. The van der Waals surface area contributed by atoms with Crippen LogP contribution < -0.4 is 10.2 Å². The molecule has 1 N–H and O–H groups in total. The van der Waals surface area contributed by atoms with Crippen molar-refractivity contribution in [3.8, 4) is 0 Å². The molecule has 0 saturated carbocycles. The first-order chi connectivity index (χ1) is 21.1. The highest BCUT2D eigenvalue weighted by Gasteiger charge is 2.42. The van der Waals surface area contributed by atoms with Crippen LogP contribution in [0.1, 0.15) is 19.8 Å². The van der Waals surface area contributed by atoms with Gasteiger partial charge in [0.1, 0.15) is 0 Å². The molecule has 5 rings (SSSR count). The fourth-order valence-corrected chi connectivity index (χ4v) is 7.18. The Labute approximate surface area is 260 Å². The number of hydrogen-bond acceptors (Lipinski definition) is 9. The third kappa shape index (κ3) is 7.22. The summed E-state index contributed by atoms with van der Waals surface area (Å²) in [6.45, 7) is 2.53. The number of nitrogens with zero attached hydrogens (tertiary/aromatic N) is 4. The number of halogens is 1. The summed E-state index contributed by atoms with van der Waals surface area (Å²) >= 11 is 6.06. The highest BCUT2D eigenvalue weighted by molar-refractivity contribution is 7.89. The predicted molar refractivity (Wildman–Crippen MR) is 164 cm³/mol. The van der Waals surface area contributed by atoms with E-state index in [-0.39, 0.29) is 43.6 Å². The van der Waals surface area contributed by atoms with Crippen LogP contribution in [0, 0.1) is 0 Å². The summed E-state index contributed by atoms with van der Waals surface area (Å²) in [5, 5.41) is 5.00. The summed E-state index contributed by atoms with van der Waals surface area (Å²) in [4.78, 5) is 45.8. The third-order valence-electron chi connectivity index (χ3n) is 7.93. The van der Waals surface area contributed by atoms with E-state index in [2.05, 4.69) is 15.2 Å². The zero-order valence-corrected chi connectivity index (χ0v) is 25.8. The molecule has 12 nitrogen and oxygen atoms in total. The molecular formula is C30H34ClN5O7S. The molecule has 2 aliphatic rings. The number of carbonyl (C=O) groups excluding carboxylic acids is 3. The second kappa shape index (κ2) is 13.4. The van der Waals surface area contributed by atoms with Crippen LogP contribution in [-0.2, 0) is 29.1 Å². The maximum absolute atomic E-state index is 13.5. The van der Waals surface area contributed by atoms with Crippen molar-refractivity contribution < 1.29 is 32.3 Å². The Morgan fingerprint density at radius 1 is 0.977 bits per heavy atom. The van der Waals surface area contributed by atoms with Gasteiger partial charge in [-0.1, -0.05) is 23.7 Å². The number of rotatable bonds is 9. The minimum Gasteiger partial charge on any atom is -0.463 e. The van der Waals surface area contributed by atoms with Gasteiger partial charge < -0.3 is 24.6 Å². The summed E-state index contributed by atoms with van der Waals surface area (Å²) in [6.07, 6.45) is 3.60. The number of esters is 1. The van der Waals surface area contributed by atoms with Gasteiger partial charge in [0, 0.05) is 55.8 Å². The van der Waals surface area contributed by atoms with Crippen LogP contribution in [-0.4, -0.2) is 98.6 Å². The molecule has 2 amide bonds. The summed E-state index contributed by atoms with van der Waals surface area (Å²) in [5.74, 6) is -1.03. The molecule has 1 aromatic heterocycles. The van der Waals surface area contributed by atoms with Crippen molar-refractivity contribution in [2.24, 2.45) is 0 Å². The van der Waals surface area contributed by atoms with Crippen LogP contribution in [0.3, 0.4) is 0 Å². The van der Waals surface area contributed by atoms with E-state index in [1.165, 1.54) is 10.4 Å². The molecule has 0 aliphatic carbocycles. The predicted octanol–water partition coefficient (Wildman–Crippen LogP) is 3.05. The Morgan fingerprint density at radius 2 is 1.68 bits per heavy atom. The quantitative estimate of drug-likeness (QED) is 0.349. The molecule has 44 heavy (non-hydrogen) atoms. The standard InChI is InChI=1S/C30H34ClN5O7S/c1-2-42-28(38)20-43-29(39)33-30(9-13-34(14-10-30)25-7-11-32-12-8-25)21-35-15-16-36(19-27(35)37)44(40,41)26-6-4-22-17-24(31)5-3-23(22)18-26/h3-8,11-12,17-18H,2,9-10,13-16,19-21H2,1H3,(H,33,39). The second-order valence-corrected chi connectivity index (χ2v) is 13.2. The Morgan fingerprint density at radius 3 is 2.39 bits per heavy atom. The highest BCUT2D eigenvalue weighted by Crippen LogP contribution is 2.29. The fourth-order valence-electron chi connectivity index (χ4n) is 5.58. The summed E-state index contributed by atoms with van der Waals surface area (Å²) < 4.78 is 38.1. The molecule has 0 atom stereocenters. The number of amides is 2. The van der Waals surface area contributed by atoms with Crippen LogP contribution in [0.15, 0.2) is 65.8 Å². The second-order valence-electron chi connectivity index (χ2n) is 10.8. The van der Waals surface area contributed by atoms with Gasteiger partial charge in [0.2, 0.25) is 15.9 Å². The molecule has 0 bridgehead atoms. The van der Waals surface area contributed by atoms with Crippen molar-refractivity contribution in [2.75, 3.05) is 57.4 Å². The SMILES string of the molecule is CCOC(=O)COC(=O)NC1(CN2CCN(S(=O)(=O)c3ccc4cc(Cl)ccc4c3)CC2=O)CCN(c2ccncc2)CC1. The molecule has 0 spiro atoms. The van der Waals surface area contributed by atoms with Gasteiger partial charge in [-0.25, -0.2) is 18.0 Å². The topological polar surface area (TPSA) is 138 Å². The lowest BCUT2D eigenvalue weighted by Gasteiger charge is -2.46. The Hall–Kier alpha value is -3.94. The largest absolute Gasteiger partial charge is 0.463 e. The molecular weight excluding hydrogens is 610 g/mol. The first kappa shape index (κ1) is 31.5. The van der Waals surface area contributed by atoms with Crippen molar-refractivity contribution in [3.05, 3.63) is 65.9 Å². The average Bonchev–Trinajstić information content (AvgIpc) is 3.01. The lowest BCUT2D eigenvalue weighted by Crippen LogP contribution is -2.64. The molecule has 0 unspecified atom stereocenters. The minimum absolute atomic E-state index is 0.0965. The van der Waals surface area contributed by atoms with Crippen LogP contribution in [0.4, 0.5) is 10.5 Å². The number of piperazine rings is 1. The van der Waals surface area contributed by atoms with Crippen molar-refractivity contribution in [1.29, 1.82) is 0 Å². The number of alkyl carbamates (subject to hydrolysis) is 1. The van der Waals surface area contributed by atoms with Crippen LogP contribution in [0.5, 0.6) is 0 Å². The van der Waals surface area contributed by atoms with E-state index in [0.717, 1.165) is 16.5 Å². The minimum atomic E-state index is -3.94. The number of piperidine rings is 1. The van der Waals surface area contributed by atoms with E-state index < -0.39 is 34.2 Å². The molecule has 2 aromatic carbocycles. The molecule has 3 aromatic rings. The van der Waals surface area contributed by atoms with E-state index in [1.807, 2.05) is 12.1 Å². The van der Waals surface area contributed by atoms with Crippen molar-refractivity contribution in [3.63, 3.8) is 0 Å². The van der Waals surface area contributed by atoms with Gasteiger partial charge in [-0.15, -0.1) is 0 Å². The van der Waals surface area contributed by atoms with Crippen molar-refractivity contribution >= 4 is 56.1 Å². The normalized spacial score (nSPS) is 17.4. The fraction of sp³-hybridized carbons (Fsp3) is 0.400. The number of sulfonamides is 1. The lowest BCUT2D eigenvalue weighted by atomic mass is 9.86. The maximum atomic E-state index is 13.5. The van der Waals surface area contributed by atoms with Crippen LogP contribution >= 0.6 is 11.6 Å². The van der Waals surface area contributed by atoms with Gasteiger partial charge in [0.25, 0.3) is 0 Å². The van der Waals surface area contributed by atoms with Crippen molar-refractivity contribution in [1.82, 2.24) is 19.5 Å². The van der Waals surface area contributed by atoms with Gasteiger partial charge >= 0.3 is 12.1 Å². The zero-order valence-electron chi connectivity index (χ0n) is 24.3. The third-order valence-corrected chi connectivity index (χ3v) is 10.0. The lowest BCUT2D eigenvalue weighted by molar-refractivity contribution is -0.146. The molecule has 2 saturated heterocycles. The number of pyridine rings is 1. The molecule has 14 heteroatoms. The van der Waals surface area contributed by atoms with Gasteiger partial charge in [0.15, 0.2) is 6.61 Å².